The monoisotopic (exact) mass is 443 g/mol. The average molecular weight is 444 g/mol. The molecule has 1 aliphatic heterocycles. The topological polar surface area (TPSA) is 115 Å². The molecule has 32 heavy (non-hydrogen) atoms. The lowest BCUT2D eigenvalue weighted by Gasteiger charge is -2.43. The van der Waals surface area contributed by atoms with Gasteiger partial charge in [0.2, 0.25) is 5.91 Å². The molecule has 10 heteroatoms. The number of aromatic nitrogens is 2. The molecule has 2 aromatic rings. The van der Waals surface area contributed by atoms with E-state index in [2.05, 4.69) is 15.6 Å². The minimum atomic E-state index is -1.13. The van der Waals surface area contributed by atoms with E-state index in [0.717, 1.165) is 11.3 Å². The van der Waals surface area contributed by atoms with Gasteiger partial charge in [-0.1, -0.05) is 12.1 Å². The van der Waals surface area contributed by atoms with Gasteiger partial charge in [-0.2, -0.15) is 0 Å². The fourth-order valence-corrected chi connectivity index (χ4v) is 3.81. The molecule has 3 amide bonds. The summed E-state index contributed by atoms with van der Waals surface area (Å²) in [6.07, 6.45) is 1.43. The van der Waals surface area contributed by atoms with E-state index < -0.39 is 17.4 Å². The second-order valence-corrected chi connectivity index (χ2v) is 7.67. The summed E-state index contributed by atoms with van der Waals surface area (Å²) in [5.41, 5.74) is 0.00853. The predicted octanol–water partition coefficient (Wildman–Crippen LogP) is 0.819. The summed E-state index contributed by atoms with van der Waals surface area (Å²) < 4.78 is 11.7. The molecule has 0 saturated heterocycles. The van der Waals surface area contributed by atoms with E-state index in [4.69, 9.17) is 9.47 Å². The molecule has 1 aromatic heterocycles. The molecule has 2 heterocycles. The molecule has 0 spiro atoms. The minimum Gasteiger partial charge on any atom is -0.497 e. The lowest BCUT2D eigenvalue weighted by atomic mass is 9.94. The third-order valence-electron chi connectivity index (χ3n) is 5.58. The van der Waals surface area contributed by atoms with Gasteiger partial charge in [-0.3, -0.25) is 14.4 Å². The maximum Gasteiger partial charge on any atom is 0.273 e. The number of carbonyl (C=O) groups is 3. The number of hydrogen-bond acceptors (Lipinski definition) is 6. The Balaban J connectivity index is 1.78. The van der Waals surface area contributed by atoms with Crippen molar-refractivity contribution in [3.8, 4) is 5.75 Å². The third kappa shape index (κ3) is 4.45. The number of hydrogen-bond donors (Lipinski definition) is 2. The average Bonchev–Trinajstić information content (AvgIpc) is 3.22. The normalized spacial score (nSPS) is 17.6. The molecule has 3 rings (SSSR count). The molecule has 0 aliphatic carbocycles. The van der Waals surface area contributed by atoms with Crippen molar-refractivity contribution in [2.45, 2.75) is 32.5 Å². The standard InChI is InChI=1S/C22H29N5O5/c1-5-27-20(29)18-17(19(28)23-10-11-31-3)25-14-26(18)13-22(27,2)21(30)24-12-15-6-8-16(32-4)9-7-15/h6-9,14H,5,10-13H2,1-4H3,(H,23,28)(H,24,30)/t22-/m0/s1. The second kappa shape index (κ2) is 9.82. The van der Waals surface area contributed by atoms with Crippen LogP contribution in [0, 0.1) is 0 Å². The van der Waals surface area contributed by atoms with Crippen LogP contribution >= 0.6 is 0 Å². The van der Waals surface area contributed by atoms with E-state index >= 15 is 0 Å². The first kappa shape index (κ1) is 23.3. The Morgan fingerprint density at radius 1 is 1.19 bits per heavy atom. The summed E-state index contributed by atoms with van der Waals surface area (Å²) in [4.78, 5) is 44.6. The number of benzene rings is 1. The summed E-state index contributed by atoms with van der Waals surface area (Å²) in [6.45, 7) is 4.99. The number of nitrogens with zero attached hydrogens (tertiary/aromatic N) is 3. The Kier molecular flexibility index (Phi) is 7.14. The third-order valence-corrected chi connectivity index (χ3v) is 5.58. The number of carbonyl (C=O) groups excluding carboxylic acids is 3. The van der Waals surface area contributed by atoms with E-state index in [1.165, 1.54) is 18.3 Å². The number of ether oxygens (including phenoxy) is 2. The SMILES string of the molecule is CCN1C(=O)c2c(C(=O)NCCOC)ncn2C[C@@]1(C)C(=O)NCc1ccc(OC)cc1. The number of methoxy groups -OCH3 is 2. The van der Waals surface area contributed by atoms with E-state index in [1.807, 2.05) is 24.3 Å². The van der Waals surface area contributed by atoms with Gasteiger partial charge in [0.15, 0.2) is 5.69 Å². The van der Waals surface area contributed by atoms with Gasteiger partial charge in [0.1, 0.15) is 17.0 Å². The minimum absolute atomic E-state index is 0.0465. The Hall–Kier alpha value is -3.40. The highest BCUT2D eigenvalue weighted by molar-refractivity contribution is 6.07. The molecule has 0 saturated carbocycles. The van der Waals surface area contributed by atoms with Crippen molar-refractivity contribution < 1.29 is 23.9 Å². The zero-order valence-electron chi connectivity index (χ0n) is 18.8. The summed E-state index contributed by atoms with van der Waals surface area (Å²) in [6, 6.07) is 7.38. The van der Waals surface area contributed by atoms with Gasteiger partial charge < -0.3 is 29.6 Å². The molecule has 2 N–H and O–H groups in total. The highest BCUT2D eigenvalue weighted by Crippen LogP contribution is 2.28. The quantitative estimate of drug-likeness (QED) is 0.555. The van der Waals surface area contributed by atoms with Gasteiger partial charge in [0.05, 0.1) is 26.6 Å². The fourth-order valence-electron chi connectivity index (χ4n) is 3.81. The van der Waals surface area contributed by atoms with Gasteiger partial charge in [-0.05, 0) is 31.5 Å². The number of rotatable bonds is 9. The van der Waals surface area contributed by atoms with Crippen molar-refractivity contribution in [2.24, 2.45) is 0 Å². The lowest BCUT2D eigenvalue weighted by molar-refractivity contribution is -0.132. The molecule has 0 fully saturated rings. The molecular formula is C22H29N5O5. The van der Waals surface area contributed by atoms with Gasteiger partial charge in [0.25, 0.3) is 11.8 Å². The molecule has 0 bridgehead atoms. The summed E-state index contributed by atoms with van der Waals surface area (Å²) in [7, 11) is 3.13. The van der Waals surface area contributed by atoms with Crippen LogP contribution in [0.15, 0.2) is 30.6 Å². The van der Waals surface area contributed by atoms with Gasteiger partial charge >= 0.3 is 0 Å². The van der Waals surface area contributed by atoms with E-state index in [-0.39, 0.29) is 23.8 Å². The highest BCUT2D eigenvalue weighted by atomic mass is 16.5. The Morgan fingerprint density at radius 2 is 1.91 bits per heavy atom. The Morgan fingerprint density at radius 3 is 2.53 bits per heavy atom. The number of likely N-dealkylation sites (N-methyl/N-ethyl adjacent to an activating group) is 1. The predicted molar refractivity (Wildman–Crippen MR) is 116 cm³/mol. The first-order valence-electron chi connectivity index (χ1n) is 10.4. The summed E-state index contributed by atoms with van der Waals surface area (Å²) in [5.74, 6) is -0.409. The van der Waals surface area contributed by atoms with Crippen LogP contribution in [0.3, 0.4) is 0 Å². The van der Waals surface area contributed by atoms with Crippen LogP contribution < -0.4 is 15.4 Å². The molecule has 172 valence electrons. The van der Waals surface area contributed by atoms with Gasteiger partial charge in [-0.25, -0.2) is 4.98 Å². The summed E-state index contributed by atoms with van der Waals surface area (Å²) >= 11 is 0. The molecule has 10 nitrogen and oxygen atoms in total. The zero-order valence-corrected chi connectivity index (χ0v) is 18.8. The number of amides is 3. The molecule has 1 aliphatic rings. The second-order valence-electron chi connectivity index (χ2n) is 7.67. The maximum atomic E-state index is 13.3. The van der Waals surface area contributed by atoms with E-state index in [1.54, 1.807) is 25.5 Å². The number of imidazole rings is 1. The van der Waals surface area contributed by atoms with Crippen LogP contribution in [-0.4, -0.2) is 71.6 Å². The molecule has 1 aromatic carbocycles. The van der Waals surface area contributed by atoms with Gasteiger partial charge in [-0.15, -0.1) is 0 Å². The van der Waals surface area contributed by atoms with Crippen molar-refractivity contribution in [1.82, 2.24) is 25.1 Å². The van der Waals surface area contributed by atoms with Crippen molar-refractivity contribution in [3.05, 3.63) is 47.5 Å². The maximum absolute atomic E-state index is 13.3. The van der Waals surface area contributed by atoms with Crippen LogP contribution in [0.25, 0.3) is 0 Å². The number of fused-ring (bicyclic) bond motifs is 1. The molecular weight excluding hydrogens is 414 g/mol. The molecule has 0 radical (unpaired) electrons. The van der Waals surface area contributed by atoms with E-state index in [0.29, 0.717) is 26.2 Å². The van der Waals surface area contributed by atoms with Crippen LogP contribution in [0.5, 0.6) is 5.75 Å². The first-order valence-corrected chi connectivity index (χ1v) is 10.4. The van der Waals surface area contributed by atoms with Crippen molar-refractivity contribution in [2.75, 3.05) is 33.9 Å². The summed E-state index contributed by atoms with van der Waals surface area (Å²) in [5, 5.41) is 5.61. The van der Waals surface area contributed by atoms with Crippen LogP contribution in [0.2, 0.25) is 0 Å². The number of nitrogens with one attached hydrogen (secondary N) is 2. The van der Waals surface area contributed by atoms with Crippen molar-refractivity contribution in [3.63, 3.8) is 0 Å². The fraction of sp³-hybridized carbons (Fsp3) is 0.455. The van der Waals surface area contributed by atoms with Crippen LogP contribution in [-0.2, 0) is 22.6 Å². The Labute approximate surface area is 186 Å². The largest absolute Gasteiger partial charge is 0.497 e. The molecule has 0 unspecified atom stereocenters. The highest BCUT2D eigenvalue weighted by Gasteiger charge is 2.48. The lowest BCUT2D eigenvalue weighted by Crippen LogP contribution is -2.63. The molecule has 1 atom stereocenters. The van der Waals surface area contributed by atoms with Crippen LogP contribution in [0.1, 0.15) is 40.4 Å². The van der Waals surface area contributed by atoms with E-state index in [9.17, 15) is 14.4 Å². The van der Waals surface area contributed by atoms with Gasteiger partial charge in [0, 0.05) is 26.7 Å². The van der Waals surface area contributed by atoms with Crippen molar-refractivity contribution in [1.29, 1.82) is 0 Å². The smallest absolute Gasteiger partial charge is 0.273 e. The Bertz CT molecular complexity index is 987. The first-order chi connectivity index (χ1) is 15.3. The van der Waals surface area contributed by atoms with Crippen LogP contribution in [0.4, 0.5) is 0 Å². The van der Waals surface area contributed by atoms with Crippen molar-refractivity contribution >= 4 is 17.7 Å². The zero-order chi connectivity index (χ0) is 23.3.